The minimum Gasteiger partial charge on any atom is -0.479 e. The predicted octanol–water partition coefficient (Wildman–Crippen LogP) is 1.93. The second-order valence-electron chi connectivity index (χ2n) is 3.00. The van der Waals surface area contributed by atoms with Crippen LogP contribution in [0.4, 0.5) is 0 Å². The number of hydrogen-bond acceptors (Lipinski definition) is 4. The SMILES string of the molecule is Clc1ncc(OC2CCNCC2)s1. The first-order valence-electron chi connectivity index (χ1n) is 4.33. The fourth-order valence-corrected chi connectivity index (χ4v) is 2.21. The molecule has 72 valence electrons. The molecule has 2 rings (SSSR count). The number of rotatable bonds is 2. The van der Waals surface area contributed by atoms with Crippen LogP contribution in [0.25, 0.3) is 0 Å². The molecule has 1 aromatic heterocycles. The molecule has 13 heavy (non-hydrogen) atoms. The van der Waals surface area contributed by atoms with Crippen LogP contribution in [0.2, 0.25) is 4.47 Å². The van der Waals surface area contributed by atoms with Gasteiger partial charge in [0, 0.05) is 0 Å². The first kappa shape index (κ1) is 9.24. The lowest BCUT2D eigenvalue weighted by Gasteiger charge is -2.22. The molecular formula is C8H11ClN2OS. The Bertz CT molecular complexity index is 273. The van der Waals surface area contributed by atoms with E-state index >= 15 is 0 Å². The predicted molar refractivity (Wildman–Crippen MR) is 53.6 cm³/mol. The molecule has 1 aromatic rings. The lowest BCUT2D eigenvalue weighted by Crippen LogP contribution is -2.33. The number of ether oxygens (including phenoxy) is 1. The molecule has 0 aromatic carbocycles. The summed E-state index contributed by atoms with van der Waals surface area (Å²) in [5, 5.41) is 4.12. The van der Waals surface area contributed by atoms with Gasteiger partial charge in [-0.2, -0.15) is 0 Å². The van der Waals surface area contributed by atoms with Crippen LogP contribution in [0, 0.1) is 0 Å². The standard InChI is InChI=1S/C8H11ClN2OS/c9-8-11-5-7(13-8)12-6-1-3-10-4-2-6/h5-6,10H,1-4H2. The number of hydrogen-bond donors (Lipinski definition) is 1. The van der Waals surface area contributed by atoms with Gasteiger partial charge in [0.15, 0.2) is 9.53 Å². The van der Waals surface area contributed by atoms with Crippen LogP contribution in [0.1, 0.15) is 12.8 Å². The van der Waals surface area contributed by atoms with Crippen molar-refractivity contribution in [3.8, 4) is 5.06 Å². The number of aromatic nitrogens is 1. The zero-order chi connectivity index (χ0) is 9.10. The van der Waals surface area contributed by atoms with Gasteiger partial charge in [0.1, 0.15) is 6.10 Å². The zero-order valence-electron chi connectivity index (χ0n) is 7.12. The maximum Gasteiger partial charge on any atom is 0.195 e. The van der Waals surface area contributed by atoms with E-state index in [0.29, 0.717) is 10.6 Å². The average molecular weight is 219 g/mol. The summed E-state index contributed by atoms with van der Waals surface area (Å²) in [5.41, 5.74) is 0. The van der Waals surface area contributed by atoms with E-state index in [1.165, 1.54) is 11.3 Å². The highest BCUT2D eigenvalue weighted by Crippen LogP contribution is 2.27. The molecule has 5 heteroatoms. The first-order valence-corrected chi connectivity index (χ1v) is 5.53. The first-order chi connectivity index (χ1) is 6.34. The molecule has 3 nitrogen and oxygen atoms in total. The summed E-state index contributed by atoms with van der Waals surface area (Å²) in [5.74, 6) is 0. The number of piperidine rings is 1. The number of nitrogens with zero attached hydrogens (tertiary/aromatic N) is 1. The van der Waals surface area contributed by atoms with Crippen molar-refractivity contribution in [1.29, 1.82) is 0 Å². The Balaban J connectivity index is 1.89. The molecule has 0 aliphatic carbocycles. The van der Waals surface area contributed by atoms with Crippen LogP contribution in [-0.2, 0) is 0 Å². The van der Waals surface area contributed by atoms with E-state index in [1.54, 1.807) is 6.20 Å². The number of halogens is 1. The Kier molecular flexibility index (Phi) is 3.03. The van der Waals surface area contributed by atoms with E-state index in [2.05, 4.69) is 10.3 Å². The molecular weight excluding hydrogens is 208 g/mol. The second kappa shape index (κ2) is 4.26. The Hall–Kier alpha value is -0.320. The third-order valence-corrected chi connectivity index (χ3v) is 3.03. The van der Waals surface area contributed by atoms with Gasteiger partial charge in [0.2, 0.25) is 0 Å². The largest absolute Gasteiger partial charge is 0.479 e. The smallest absolute Gasteiger partial charge is 0.195 e. The fraction of sp³-hybridized carbons (Fsp3) is 0.625. The molecule has 1 saturated heterocycles. The van der Waals surface area contributed by atoms with E-state index in [0.717, 1.165) is 31.0 Å². The lowest BCUT2D eigenvalue weighted by atomic mass is 10.1. The van der Waals surface area contributed by atoms with Crippen LogP contribution >= 0.6 is 22.9 Å². The molecule has 0 spiro atoms. The van der Waals surface area contributed by atoms with Gasteiger partial charge in [0.25, 0.3) is 0 Å². The van der Waals surface area contributed by atoms with E-state index in [-0.39, 0.29) is 0 Å². The Morgan fingerprint density at radius 3 is 2.92 bits per heavy atom. The molecule has 0 atom stereocenters. The summed E-state index contributed by atoms with van der Waals surface area (Å²) in [7, 11) is 0. The maximum atomic E-state index is 5.71. The van der Waals surface area contributed by atoms with Crippen molar-refractivity contribution >= 4 is 22.9 Å². The summed E-state index contributed by atoms with van der Waals surface area (Å²) in [6.07, 6.45) is 4.15. The summed E-state index contributed by atoms with van der Waals surface area (Å²) < 4.78 is 6.25. The molecule has 1 aliphatic rings. The molecule has 1 fully saturated rings. The van der Waals surface area contributed by atoms with Crippen molar-refractivity contribution in [1.82, 2.24) is 10.3 Å². The summed E-state index contributed by atoms with van der Waals surface area (Å²) >= 11 is 7.09. The Morgan fingerprint density at radius 1 is 1.54 bits per heavy atom. The molecule has 0 saturated carbocycles. The second-order valence-corrected chi connectivity index (χ2v) is 4.57. The van der Waals surface area contributed by atoms with Gasteiger partial charge in [0.05, 0.1) is 6.20 Å². The minimum absolute atomic E-state index is 0.331. The van der Waals surface area contributed by atoms with Crippen molar-refractivity contribution in [2.75, 3.05) is 13.1 Å². The monoisotopic (exact) mass is 218 g/mol. The van der Waals surface area contributed by atoms with Gasteiger partial charge in [-0.3, -0.25) is 0 Å². The van der Waals surface area contributed by atoms with Crippen molar-refractivity contribution < 1.29 is 4.74 Å². The quantitative estimate of drug-likeness (QED) is 0.824. The van der Waals surface area contributed by atoms with Crippen LogP contribution in [0.15, 0.2) is 6.20 Å². The molecule has 0 radical (unpaired) electrons. The van der Waals surface area contributed by atoms with Crippen LogP contribution < -0.4 is 10.1 Å². The van der Waals surface area contributed by atoms with Crippen LogP contribution in [0.3, 0.4) is 0 Å². The van der Waals surface area contributed by atoms with Gasteiger partial charge in [-0.1, -0.05) is 22.9 Å². The van der Waals surface area contributed by atoms with Gasteiger partial charge < -0.3 is 10.1 Å². The fourth-order valence-electron chi connectivity index (χ4n) is 1.37. The van der Waals surface area contributed by atoms with Crippen LogP contribution in [0.5, 0.6) is 5.06 Å². The van der Waals surface area contributed by atoms with E-state index in [4.69, 9.17) is 16.3 Å². The van der Waals surface area contributed by atoms with Crippen LogP contribution in [-0.4, -0.2) is 24.2 Å². The van der Waals surface area contributed by atoms with Crippen molar-refractivity contribution in [2.24, 2.45) is 0 Å². The summed E-state index contributed by atoms with van der Waals surface area (Å²) in [4.78, 5) is 3.93. The highest BCUT2D eigenvalue weighted by atomic mass is 35.5. The summed E-state index contributed by atoms with van der Waals surface area (Å²) in [6, 6.07) is 0. The Morgan fingerprint density at radius 2 is 2.31 bits per heavy atom. The highest BCUT2D eigenvalue weighted by Gasteiger charge is 2.15. The molecule has 1 aliphatic heterocycles. The van der Waals surface area contributed by atoms with Gasteiger partial charge >= 0.3 is 0 Å². The maximum absolute atomic E-state index is 5.71. The van der Waals surface area contributed by atoms with Crippen molar-refractivity contribution in [2.45, 2.75) is 18.9 Å². The topological polar surface area (TPSA) is 34.1 Å². The Labute approximate surface area is 86.1 Å². The van der Waals surface area contributed by atoms with Gasteiger partial charge in [-0.15, -0.1) is 0 Å². The van der Waals surface area contributed by atoms with Gasteiger partial charge in [-0.25, -0.2) is 4.98 Å². The number of thiazole rings is 1. The molecule has 1 N–H and O–H groups in total. The number of nitrogens with one attached hydrogen (secondary N) is 1. The van der Waals surface area contributed by atoms with Crippen molar-refractivity contribution in [3.63, 3.8) is 0 Å². The molecule has 0 amide bonds. The zero-order valence-corrected chi connectivity index (χ0v) is 8.70. The van der Waals surface area contributed by atoms with Gasteiger partial charge in [-0.05, 0) is 25.9 Å². The molecule has 0 unspecified atom stereocenters. The van der Waals surface area contributed by atoms with Crippen molar-refractivity contribution in [3.05, 3.63) is 10.7 Å². The molecule has 2 heterocycles. The van der Waals surface area contributed by atoms with E-state index < -0.39 is 0 Å². The third-order valence-electron chi connectivity index (χ3n) is 2.03. The molecule has 0 bridgehead atoms. The lowest BCUT2D eigenvalue weighted by molar-refractivity contribution is 0.167. The highest BCUT2D eigenvalue weighted by molar-refractivity contribution is 7.17. The van der Waals surface area contributed by atoms with E-state index in [9.17, 15) is 0 Å². The summed E-state index contributed by atoms with van der Waals surface area (Å²) in [6.45, 7) is 2.08. The minimum atomic E-state index is 0.331. The van der Waals surface area contributed by atoms with E-state index in [1.807, 2.05) is 0 Å². The normalized spacial score (nSPS) is 18.8. The third kappa shape index (κ3) is 2.56. The average Bonchev–Trinajstić information content (AvgIpc) is 2.53.